The molecule has 2 N–H and O–H groups in total. The molecule has 120 valence electrons. The molecule has 0 bridgehead atoms. The van der Waals surface area contributed by atoms with E-state index in [1.165, 1.54) is 0 Å². The van der Waals surface area contributed by atoms with E-state index >= 15 is 0 Å². The number of rotatable bonds is 6. The summed E-state index contributed by atoms with van der Waals surface area (Å²) in [5.41, 5.74) is 4.20. The van der Waals surface area contributed by atoms with E-state index in [0.29, 0.717) is 0 Å². The van der Waals surface area contributed by atoms with E-state index < -0.39 is 0 Å². The van der Waals surface area contributed by atoms with Crippen molar-refractivity contribution in [3.63, 3.8) is 0 Å². The number of aliphatic hydroxyl groups is 2. The second kappa shape index (κ2) is 8.32. The van der Waals surface area contributed by atoms with Gasteiger partial charge in [0.15, 0.2) is 0 Å². The Morgan fingerprint density at radius 3 is 1.39 bits per heavy atom. The van der Waals surface area contributed by atoms with E-state index in [0.717, 1.165) is 33.8 Å². The average molecular weight is 310 g/mol. The van der Waals surface area contributed by atoms with Gasteiger partial charge in [0.2, 0.25) is 0 Å². The summed E-state index contributed by atoms with van der Waals surface area (Å²) in [6, 6.07) is 15.5. The molecule has 0 saturated heterocycles. The van der Waals surface area contributed by atoms with E-state index in [2.05, 4.69) is 0 Å². The monoisotopic (exact) mass is 310 g/mol. The zero-order valence-electron chi connectivity index (χ0n) is 13.5. The third kappa shape index (κ3) is 4.81. The molecule has 0 aromatic heterocycles. The maximum Gasteiger partial charge on any atom is 0.127 e. The van der Waals surface area contributed by atoms with Gasteiger partial charge in [-0.15, -0.1) is 0 Å². The van der Waals surface area contributed by atoms with Gasteiger partial charge in [0.25, 0.3) is 0 Å². The highest BCUT2D eigenvalue weighted by molar-refractivity contribution is 5.65. The van der Waals surface area contributed by atoms with Crippen LogP contribution in [0.15, 0.2) is 60.7 Å². The normalized spacial score (nSPS) is 12.3. The van der Waals surface area contributed by atoms with Crippen molar-refractivity contribution in [3.8, 4) is 11.5 Å². The second-order valence-corrected chi connectivity index (χ2v) is 5.29. The molecule has 0 atom stereocenters. The molecule has 2 aromatic carbocycles. The Kier molecular flexibility index (Phi) is 6.15. The van der Waals surface area contributed by atoms with Crippen LogP contribution in [0.1, 0.15) is 25.0 Å². The highest BCUT2D eigenvalue weighted by atomic mass is 16.5. The lowest BCUT2D eigenvalue weighted by molar-refractivity contribution is 0.343. The fraction of sp³-hybridized carbons (Fsp3) is 0.200. The van der Waals surface area contributed by atoms with Crippen LogP contribution in [0.2, 0.25) is 0 Å². The molecule has 2 aromatic rings. The largest absolute Gasteiger partial charge is 0.457 e. The predicted molar refractivity (Wildman–Crippen MR) is 94.4 cm³/mol. The molecule has 0 heterocycles. The van der Waals surface area contributed by atoms with Gasteiger partial charge in [0.05, 0.1) is 13.2 Å². The summed E-state index contributed by atoms with van der Waals surface area (Å²) in [7, 11) is 0. The molecule has 0 aliphatic carbocycles. The molecule has 23 heavy (non-hydrogen) atoms. The van der Waals surface area contributed by atoms with Crippen molar-refractivity contribution < 1.29 is 14.9 Å². The first kappa shape index (κ1) is 17.0. The van der Waals surface area contributed by atoms with E-state index in [-0.39, 0.29) is 13.2 Å². The van der Waals surface area contributed by atoms with Gasteiger partial charge in [-0.2, -0.15) is 0 Å². The molecule has 0 aliphatic heterocycles. The van der Waals surface area contributed by atoms with Crippen LogP contribution in [-0.2, 0) is 0 Å². The van der Waals surface area contributed by atoms with Gasteiger partial charge in [-0.25, -0.2) is 0 Å². The van der Waals surface area contributed by atoms with Gasteiger partial charge in [-0.05, 0) is 60.4 Å². The smallest absolute Gasteiger partial charge is 0.127 e. The molecule has 0 saturated carbocycles. The van der Waals surface area contributed by atoms with Crippen LogP contribution in [0.5, 0.6) is 11.5 Å². The van der Waals surface area contributed by atoms with Gasteiger partial charge in [-0.1, -0.05) is 36.4 Å². The SMILES string of the molecule is C/C(=C/CO)c1ccc(Oc2ccc(/C(C)=C\CO)cc2)cc1. The van der Waals surface area contributed by atoms with Gasteiger partial charge in [0.1, 0.15) is 11.5 Å². The summed E-state index contributed by atoms with van der Waals surface area (Å²) in [6.07, 6.45) is 3.55. The molecule has 3 nitrogen and oxygen atoms in total. The second-order valence-electron chi connectivity index (χ2n) is 5.29. The lowest BCUT2D eigenvalue weighted by Gasteiger charge is -2.08. The van der Waals surface area contributed by atoms with Gasteiger partial charge < -0.3 is 14.9 Å². The zero-order valence-corrected chi connectivity index (χ0v) is 13.5. The summed E-state index contributed by atoms with van der Waals surface area (Å²) in [4.78, 5) is 0. The van der Waals surface area contributed by atoms with Gasteiger partial charge in [0, 0.05) is 0 Å². The summed E-state index contributed by atoms with van der Waals surface area (Å²) < 4.78 is 5.83. The standard InChI is InChI=1S/C20H22O3/c1-15(11-13-21)17-3-7-19(8-4-17)23-20-9-5-18(6-10-20)16(2)12-14-22/h3-12,21-22H,13-14H2,1-2H3/b15-11-,16-12-. The number of ether oxygens (including phenoxy) is 1. The Labute approximate surface area is 137 Å². The molecular formula is C20H22O3. The van der Waals surface area contributed by atoms with Crippen LogP contribution >= 0.6 is 0 Å². The topological polar surface area (TPSA) is 49.7 Å². The molecular weight excluding hydrogens is 288 g/mol. The fourth-order valence-corrected chi connectivity index (χ4v) is 2.22. The molecule has 0 radical (unpaired) electrons. The number of hydrogen-bond acceptors (Lipinski definition) is 3. The molecule has 0 aliphatic rings. The van der Waals surface area contributed by atoms with Crippen LogP contribution in [0.4, 0.5) is 0 Å². The minimum atomic E-state index is 0.0422. The number of allylic oxidation sites excluding steroid dienone is 2. The van der Waals surface area contributed by atoms with Crippen LogP contribution in [0.25, 0.3) is 11.1 Å². The van der Waals surface area contributed by atoms with Crippen LogP contribution in [0.3, 0.4) is 0 Å². The average Bonchev–Trinajstić information content (AvgIpc) is 2.56. The van der Waals surface area contributed by atoms with E-state index in [9.17, 15) is 0 Å². The first-order valence-electron chi connectivity index (χ1n) is 7.58. The van der Waals surface area contributed by atoms with Gasteiger partial charge in [-0.3, -0.25) is 0 Å². The lowest BCUT2D eigenvalue weighted by atomic mass is 10.1. The van der Waals surface area contributed by atoms with Crippen LogP contribution < -0.4 is 4.74 Å². The maximum absolute atomic E-state index is 8.92. The Hall–Kier alpha value is -2.36. The third-order valence-electron chi connectivity index (χ3n) is 3.65. The Bertz CT molecular complexity index is 618. The van der Waals surface area contributed by atoms with Crippen LogP contribution in [-0.4, -0.2) is 23.4 Å². The molecule has 0 unspecified atom stereocenters. The summed E-state index contributed by atoms with van der Waals surface area (Å²) >= 11 is 0. The van der Waals surface area contributed by atoms with E-state index in [1.807, 2.05) is 62.4 Å². The summed E-state index contributed by atoms with van der Waals surface area (Å²) in [5.74, 6) is 1.53. The Morgan fingerprint density at radius 2 is 1.09 bits per heavy atom. The minimum absolute atomic E-state index is 0.0422. The van der Waals surface area contributed by atoms with Crippen molar-refractivity contribution >= 4 is 11.1 Å². The van der Waals surface area contributed by atoms with Crippen LogP contribution in [0, 0.1) is 0 Å². The number of aliphatic hydroxyl groups excluding tert-OH is 2. The molecule has 2 rings (SSSR count). The zero-order chi connectivity index (χ0) is 16.7. The number of benzene rings is 2. The number of hydrogen-bond donors (Lipinski definition) is 2. The van der Waals surface area contributed by atoms with Crippen molar-refractivity contribution in [3.05, 3.63) is 71.8 Å². The Morgan fingerprint density at radius 1 is 0.739 bits per heavy atom. The van der Waals surface area contributed by atoms with Crippen molar-refractivity contribution in [1.82, 2.24) is 0 Å². The Balaban J connectivity index is 2.07. The predicted octanol–water partition coefficient (Wildman–Crippen LogP) is 4.27. The quantitative estimate of drug-likeness (QED) is 0.837. The summed E-state index contributed by atoms with van der Waals surface area (Å²) in [6.45, 7) is 4.02. The maximum atomic E-state index is 8.92. The fourth-order valence-electron chi connectivity index (χ4n) is 2.22. The van der Waals surface area contributed by atoms with E-state index in [1.54, 1.807) is 12.2 Å². The van der Waals surface area contributed by atoms with Crippen molar-refractivity contribution in [2.45, 2.75) is 13.8 Å². The third-order valence-corrected chi connectivity index (χ3v) is 3.65. The molecule has 0 amide bonds. The van der Waals surface area contributed by atoms with E-state index in [4.69, 9.17) is 14.9 Å². The van der Waals surface area contributed by atoms with Gasteiger partial charge >= 0.3 is 0 Å². The highest BCUT2D eigenvalue weighted by Gasteiger charge is 2.01. The highest BCUT2D eigenvalue weighted by Crippen LogP contribution is 2.25. The van der Waals surface area contributed by atoms with Crippen molar-refractivity contribution in [2.75, 3.05) is 13.2 Å². The molecule has 0 fully saturated rings. The first-order valence-corrected chi connectivity index (χ1v) is 7.58. The van der Waals surface area contributed by atoms with Crippen molar-refractivity contribution in [1.29, 1.82) is 0 Å². The molecule has 3 heteroatoms. The lowest BCUT2D eigenvalue weighted by Crippen LogP contribution is -1.87. The molecule has 0 spiro atoms. The van der Waals surface area contributed by atoms with Crippen molar-refractivity contribution in [2.24, 2.45) is 0 Å². The summed E-state index contributed by atoms with van der Waals surface area (Å²) in [5, 5.41) is 17.8. The minimum Gasteiger partial charge on any atom is -0.457 e. The first-order chi connectivity index (χ1) is 11.1.